The molecule has 0 spiro atoms. The minimum atomic E-state index is -0.0478. The molecule has 3 N–H and O–H groups in total. The molecule has 2 heterocycles. The van der Waals surface area contributed by atoms with Gasteiger partial charge in [-0.3, -0.25) is 4.79 Å². The van der Waals surface area contributed by atoms with Crippen LogP contribution in [0.15, 0.2) is 12.1 Å². The predicted molar refractivity (Wildman–Crippen MR) is 79.7 cm³/mol. The Morgan fingerprint density at radius 2 is 2.26 bits per heavy atom. The third kappa shape index (κ3) is 2.69. The number of aromatic nitrogens is 1. The molecule has 2 rings (SSSR count). The van der Waals surface area contributed by atoms with E-state index in [1.54, 1.807) is 11.9 Å². The highest BCUT2D eigenvalue weighted by Gasteiger charge is 2.20. The van der Waals surface area contributed by atoms with Crippen molar-refractivity contribution >= 4 is 33.1 Å². The van der Waals surface area contributed by atoms with Crippen LogP contribution < -0.4 is 11.1 Å². The second kappa shape index (κ2) is 5.54. The number of likely N-dealkylation sites (N-methyl/N-ethyl adjacent to an activating group) is 2. The molecule has 0 aliphatic rings. The van der Waals surface area contributed by atoms with Crippen LogP contribution in [0.5, 0.6) is 0 Å². The first-order valence-electron chi connectivity index (χ1n) is 6.10. The van der Waals surface area contributed by atoms with Gasteiger partial charge in [0.1, 0.15) is 9.71 Å². The first-order valence-corrected chi connectivity index (χ1v) is 6.92. The van der Waals surface area contributed by atoms with E-state index >= 15 is 0 Å². The maximum absolute atomic E-state index is 12.3. The van der Waals surface area contributed by atoms with Gasteiger partial charge in [0.2, 0.25) is 0 Å². The molecule has 0 radical (unpaired) electrons. The van der Waals surface area contributed by atoms with Crippen LogP contribution in [-0.2, 0) is 0 Å². The van der Waals surface area contributed by atoms with Gasteiger partial charge in [0.15, 0.2) is 0 Å². The first kappa shape index (κ1) is 13.8. The molecule has 0 saturated heterocycles. The van der Waals surface area contributed by atoms with Gasteiger partial charge in [-0.2, -0.15) is 0 Å². The number of thiophene rings is 1. The zero-order chi connectivity index (χ0) is 14.0. The molecular weight excluding hydrogens is 260 g/mol. The Hall–Kier alpha value is -1.66. The summed E-state index contributed by atoms with van der Waals surface area (Å²) < 4.78 is 0. The number of hydrogen-bond donors (Lipinski definition) is 2. The van der Waals surface area contributed by atoms with Crippen molar-refractivity contribution in [2.24, 2.45) is 0 Å². The number of aryl methyl sites for hydroxylation is 1. The number of nitrogens with zero attached hydrogens (tertiary/aromatic N) is 2. The maximum Gasteiger partial charge on any atom is 0.265 e. The van der Waals surface area contributed by atoms with Crippen LogP contribution in [0.25, 0.3) is 10.2 Å². The zero-order valence-electron chi connectivity index (χ0n) is 11.4. The fourth-order valence-electron chi connectivity index (χ4n) is 1.80. The third-order valence-electron chi connectivity index (χ3n) is 2.97. The second-order valence-electron chi connectivity index (χ2n) is 4.48. The summed E-state index contributed by atoms with van der Waals surface area (Å²) in [5, 5.41) is 3.88. The number of anilines is 1. The largest absolute Gasteiger partial charge is 0.397 e. The molecule has 0 fully saturated rings. The van der Waals surface area contributed by atoms with Crippen molar-refractivity contribution in [2.45, 2.75) is 6.92 Å². The lowest BCUT2D eigenvalue weighted by molar-refractivity contribution is 0.0802. The number of carbonyl (C=O) groups excluding carboxylic acids is 1. The molecule has 2 aromatic rings. The molecule has 102 valence electrons. The molecule has 0 aliphatic heterocycles. The van der Waals surface area contributed by atoms with E-state index < -0.39 is 0 Å². The minimum Gasteiger partial charge on any atom is -0.397 e. The monoisotopic (exact) mass is 278 g/mol. The summed E-state index contributed by atoms with van der Waals surface area (Å²) in [6, 6.07) is 3.83. The normalized spacial score (nSPS) is 10.9. The van der Waals surface area contributed by atoms with Crippen LogP contribution in [0.1, 0.15) is 15.4 Å². The van der Waals surface area contributed by atoms with Crippen molar-refractivity contribution < 1.29 is 4.79 Å². The number of fused-ring (bicyclic) bond motifs is 1. The van der Waals surface area contributed by atoms with E-state index in [-0.39, 0.29) is 5.91 Å². The molecule has 0 aliphatic carbocycles. The fraction of sp³-hybridized carbons (Fsp3) is 0.385. The number of hydrogen-bond acceptors (Lipinski definition) is 5. The third-order valence-corrected chi connectivity index (χ3v) is 4.07. The molecule has 0 atom stereocenters. The van der Waals surface area contributed by atoms with E-state index in [0.717, 1.165) is 22.5 Å². The highest BCUT2D eigenvalue weighted by Crippen LogP contribution is 2.33. The number of amides is 1. The molecule has 0 unspecified atom stereocenters. The van der Waals surface area contributed by atoms with Crippen molar-refractivity contribution in [2.75, 3.05) is 32.9 Å². The fourth-order valence-corrected chi connectivity index (χ4v) is 2.94. The Morgan fingerprint density at radius 3 is 2.95 bits per heavy atom. The summed E-state index contributed by atoms with van der Waals surface area (Å²) in [5.74, 6) is -0.0478. The summed E-state index contributed by atoms with van der Waals surface area (Å²) in [5.41, 5.74) is 7.53. The van der Waals surface area contributed by atoms with Gasteiger partial charge in [-0.15, -0.1) is 11.3 Å². The second-order valence-corrected chi connectivity index (χ2v) is 5.48. The van der Waals surface area contributed by atoms with Gasteiger partial charge < -0.3 is 16.0 Å². The van der Waals surface area contributed by atoms with Crippen molar-refractivity contribution in [1.82, 2.24) is 15.2 Å². The van der Waals surface area contributed by atoms with Crippen molar-refractivity contribution in [3.8, 4) is 0 Å². The number of pyridine rings is 1. The molecule has 0 aromatic carbocycles. The first-order chi connectivity index (χ1) is 9.04. The number of rotatable bonds is 4. The molecule has 0 bridgehead atoms. The van der Waals surface area contributed by atoms with E-state index in [1.165, 1.54) is 11.3 Å². The number of nitrogen functional groups attached to an aromatic ring is 1. The zero-order valence-corrected chi connectivity index (χ0v) is 12.2. The Morgan fingerprint density at radius 1 is 1.53 bits per heavy atom. The topological polar surface area (TPSA) is 71.2 Å². The highest BCUT2D eigenvalue weighted by atomic mass is 32.1. The van der Waals surface area contributed by atoms with Crippen LogP contribution in [0.2, 0.25) is 0 Å². The van der Waals surface area contributed by atoms with Crippen molar-refractivity contribution in [1.29, 1.82) is 0 Å². The highest BCUT2D eigenvalue weighted by molar-refractivity contribution is 7.21. The molecule has 2 aromatic heterocycles. The predicted octanol–water partition coefficient (Wildman–Crippen LogP) is 1.48. The average molecular weight is 278 g/mol. The lowest BCUT2D eigenvalue weighted by Gasteiger charge is -2.16. The lowest BCUT2D eigenvalue weighted by Crippen LogP contribution is -2.32. The average Bonchev–Trinajstić information content (AvgIpc) is 2.71. The van der Waals surface area contributed by atoms with E-state index in [4.69, 9.17) is 5.73 Å². The molecule has 0 saturated carbocycles. The van der Waals surface area contributed by atoms with Gasteiger partial charge in [0.05, 0.1) is 5.69 Å². The Kier molecular flexibility index (Phi) is 4.01. The molecular formula is C13H18N4OS. The maximum atomic E-state index is 12.3. The number of nitrogens with one attached hydrogen (secondary N) is 1. The summed E-state index contributed by atoms with van der Waals surface area (Å²) in [7, 11) is 3.64. The van der Waals surface area contributed by atoms with E-state index in [1.807, 2.05) is 26.1 Å². The number of carbonyl (C=O) groups is 1. The van der Waals surface area contributed by atoms with E-state index in [2.05, 4.69) is 10.3 Å². The Labute approximate surface area is 116 Å². The SMILES string of the molecule is CNCCN(C)C(=O)c1sc2nc(C)ccc2c1N. The minimum absolute atomic E-state index is 0.0478. The Bertz CT molecular complexity index is 608. The van der Waals surface area contributed by atoms with Gasteiger partial charge >= 0.3 is 0 Å². The van der Waals surface area contributed by atoms with E-state index in [9.17, 15) is 4.79 Å². The molecule has 5 nitrogen and oxygen atoms in total. The number of nitrogens with two attached hydrogens (primary N) is 1. The summed E-state index contributed by atoms with van der Waals surface area (Å²) in [6.45, 7) is 3.33. The molecule has 6 heteroatoms. The summed E-state index contributed by atoms with van der Waals surface area (Å²) >= 11 is 1.36. The lowest BCUT2D eigenvalue weighted by atomic mass is 10.2. The molecule has 19 heavy (non-hydrogen) atoms. The van der Waals surface area contributed by atoms with Crippen molar-refractivity contribution in [3.63, 3.8) is 0 Å². The van der Waals surface area contributed by atoms with Gasteiger partial charge in [0.25, 0.3) is 5.91 Å². The standard InChI is InChI=1S/C13H18N4OS/c1-8-4-5-9-10(14)11(19-12(9)16-8)13(18)17(3)7-6-15-2/h4-5,15H,6-7,14H2,1-3H3. The summed E-state index contributed by atoms with van der Waals surface area (Å²) in [6.07, 6.45) is 0. The van der Waals surface area contributed by atoms with Gasteiger partial charge in [-0.1, -0.05) is 0 Å². The Balaban J connectivity index is 2.34. The van der Waals surface area contributed by atoms with Crippen LogP contribution in [0, 0.1) is 6.92 Å². The van der Waals surface area contributed by atoms with Crippen LogP contribution in [0.3, 0.4) is 0 Å². The summed E-state index contributed by atoms with van der Waals surface area (Å²) in [4.78, 5) is 19.8. The van der Waals surface area contributed by atoms with E-state index in [0.29, 0.717) is 17.1 Å². The van der Waals surface area contributed by atoms with Crippen LogP contribution in [0.4, 0.5) is 5.69 Å². The quantitative estimate of drug-likeness (QED) is 0.888. The van der Waals surface area contributed by atoms with Crippen LogP contribution >= 0.6 is 11.3 Å². The van der Waals surface area contributed by atoms with Gasteiger partial charge in [-0.25, -0.2) is 4.98 Å². The molecule has 1 amide bonds. The van der Waals surface area contributed by atoms with Crippen molar-refractivity contribution in [3.05, 3.63) is 22.7 Å². The van der Waals surface area contributed by atoms with Gasteiger partial charge in [0, 0.05) is 31.2 Å². The smallest absolute Gasteiger partial charge is 0.265 e. The van der Waals surface area contributed by atoms with Gasteiger partial charge in [-0.05, 0) is 26.1 Å². The van der Waals surface area contributed by atoms with Crippen LogP contribution in [-0.4, -0.2) is 43.0 Å².